The normalized spacial score (nSPS) is 19.0. The Balaban J connectivity index is 1.41. The first-order valence-corrected chi connectivity index (χ1v) is 10.2. The van der Waals surface area contributed by atoms with E-state index in [2.05, 4.69) is 39.7 Å². The van der Waals surface area contributed by atoms with Gasteiger partial charge in [0.05, 0.1) is 5.02 Å². The standard InChI is InChI=1S/C21H24ClN5O2/c1-26-10-8-14-11-17(6-4-15(14)13-26)24-20(28)18-3-2-9-27(18)21(29)25-19-7-5-16(22)12-23-19/h4-7,11-12,18H,2-3,8-10,13H2,1H3,(H,24,28)(H,23,25,29)/t18-/m1/s1. The molecule has 0 bridgehead atoms. The van der Waals surface area contributed by atoms with Crippen LogP contribution < -0.4 is 10.6 Å². The number of hydrogen-bond donors (Lipinski definition) is 2. The van der Waals surface area contributed by atoms with Gasteiger partial charge in [0.2, 0.25) is 5.91 Å². The molecular formula is C21H24ClN5O2. The SMILES string of the molecule is CN1CCc2cc(NC(=O)[C@H]3CCCN3C(=O)Nc3ccc(Cl)cn3)ccc2C1. The van der Waals surface area contributed by atoms with Gasteiger partial charge >= 0.3 is 6.03 Å². The Labute approximate surface area is 175 Å². The van der Waals surface area contributed by atoms with Crippen LogP contribution in [-0.4, -0.2) is 52.9 Å². The predicted octanol–water partition coefficient (Wildman–Crippen LogP) is 3.36. The molecule has 3 amide bonds. The quantitative estimate of drug-likeness (QED) is 0.808. The third-order valence-corrected chi connectivity index (χ3v) is 5.68. The van der Waals surface area contributed by atoms with Gasteiger partial charge in [-0.3, -0.25) is 10.1 Å². The van der Waals surface area contributed by atoms with Crippen LogP contribution in [0.25, 0.3) is 0 Å². The highest BCUT2D eigenvalue weighted by atomic mass is 35.5. The van der Waals surface area contributed by atoms with E-state index in [0.717, 1.165) is 31.6 Å². The third kappa shape index (κ3) is 4.52. The van der Waals surface area contributed by atoms with Crippen LogP contribution in [0.4, 0.5) is 16.3 Å². The number of carbonyl (C=O) groups is 2. The van der Waals surface area contributed by atoms with Gasteiger partial charge < -0.3 is 15.1 Å². The second-order valence-electron chi connectivity index (χ2n) is 7.60. The summed E-state index contributed by atoms with van der Waals surface area (Å²) < 4.78 is 0. The number of rotatable bonds is 3. The Morgan fingerprint density at radius 1 is 1.14 bits per heavy atom. The van der Waals surface area contributed by atoms with E-state index < -0.39 is 6.04 Å². The Hall–Kier alpha value is -2.64. The van der Waals surface area contributed by atoms with Gasteiger partial charge in [-0.25, -0.2) is 9.78 Å². The van der Waals surface area contributed by atoms with E-state index in [1.54, 1.807) is 17.0 Å². The number of benzene rings is 1. The molecule has 0 spiro atoms. The highest BCUT2D eigenvalue weighted by Crippen LogP contribution is 2.24. The monoisotopic (exact) mass is 413 g/mol. The third-order valence-electron chi connectivity index (χ3n) is 5.46. The first-order chi connectivity index (χ1) is 14.0. The van der Waals surface area contributed by atoms with E-state index in [1.807, 2.05) is 6.07 Å². The van der Waals surface area contributed by atoms with Gasteiger partial charge in [-0.2, -0.15) is 0 Å². The Bertz CT molecular complexity index is 918. The van der Waals surface area contributed by atoms with Crippen LogP contribution in [0.3, 0.4) is 0 Å². The zero-order valence-corrected chi connectivity index (χ0v) is 17.1. The van der Waals surface area contributed by atoms with E-state index in [0.29, 0.717) is 23.8 Å². The summed E-state index contributed by atoms with van der Waals surface area (Å²) in [6.07, 6.45) is 3.87. The molecule has 1 fully saturated rings. The summed E-state index contributed by atoms with van der Waals surface area (Å²) >= 11 is 5.83. The maximum atomic E-state index is 12.9. The lowest BCUT2D eigenvalue weighted by Gasteiger charge is -2.26. The molecule has 1 atom stereocenters. The lowest BCUT2D eigenvalue weighted by Crippen LogP contribution is -2.45. The molecule has 0 saturated carbocycles. The number of carbonyl (C=O) groups excluding carboxylic acids is 2. The summed E-state index contributed by atoms with van der Waals surface area (Å²) in [5.41, 5.74) is 3.36. The molecule has 7 nitrogen and oxygen atoms in total. The van der Waals surface area contributed by atoms with Crippen molar-refractivity contribution in [2.45, 2.75) is 31.8 Å². The summed E-state index contributed by atoms with van der Waals surface area (Å²) in [7, 11) is 2.11. The molecule has 1 saturated heterocycles. The Kier molecular flexibility index (Phi) is 5.69. The zero-order valence-electron chi connectivity index (χ0n) is 16.3. The average molecular weight is 414 g/mol. The van der Waals surface area contributed by atoms with Crippen molar-refractivity contribution in [1.82, 2.24) is 14.8 Å². The van der Waals surface area contributed by atoms with E-state index >= 15 is 0 Å². The fraction of sp³-hybridized carbons (Fsp3) is 0.381. The van der Waals surface area contributed by atoms with Crippen molar-refractivity contribution in [2.75, 3.05) is 30.8 Å². The Morgan fingerprint density at radius 2 is 2.00 bits per heavy atom. The summed E-state index contributed by atoms with van der Waals surface area (Å²) in [6, 6.07) is 8.54. The van der Waals surface area contributed by atoms with Gasteiger partial charge in [0.25, 0.3) is 0 Å². The minimum atomic E-state index is -0.496. The van der Waals surface area contributed by atoms with E-state index in [1.165, 1.54) is 17.3 Å². The number of anilines is 2. The van der Waals surface area contributed by atoms with Crippen LogP contribution in [0.5, 0.6) is 0 Å². The number of nitrogens with zero attached hydrogens (tertiary/aromatic N) is 3. The molecular weight excluding hydrogens is 390 g/mol. The molecule has 0 unspecified atom stereocenters. The molecule has 4 rings (SSSR count). The molecule has 2 N–H and O–H groups in total. The van der Waals surface area contributed by atoms with E-state index in [4.69, 9.17) is 11.6 Å². The second-order valence-corrected chi connectivity index (χ2v) is 8.04. The van der Waals surface area contributed by atoms with Crippen molar-refractivity contribution in [3.63, 3.8) is 0 Å². The molecule has 0 radical (unpaired) electrons. The van der Waals surface area contributed by atoms with Crippen LogP contribution in [-0.2, 0) is 17.8 Å². The predicted molar refractivity (Wildman–Crippen MR) is 113 cm³/mol. The van der Waals surface area contributed by atoms with Crippen LogP contribution in [0.1, 0.15) is 24.0 Å². The van der Waals surface area contributed by atoms with Crippen LogP contribution in [0, 0.1) is 0 Å². The average Bonchev–Trinajstić information content (AvgIpc) is 3.20. The number of hydrogen-bond acceptors (Lipinski definition) is 4. The van der Waals surface area contributed by atoms with Gasteiger partial charge in [0.1, 0.15) is 11.9 Å². The summed E-state index contributed by atoms with van der Waals surface area (Å²) in [4.78, 5) is 33.4. The maximum absolute atomic E-state index is 12.9. The largest absolute Gasteiger partial charge is 0.324 e. The van der Waals surface area contributed by atoms with E-state index in [-0.39, 0.29) is 11.9 Å². The minimum Gasteiger partial charge on any atom is -0.324 e. The molecule has 3 heterocycles. The number of likely N-dealkylation sites (N-methyl/N-ethyl adjacent to an activating group) is 1. The second kappa shape index (κ2) is 8.39. The van der Waals surface area contributed by atoms with E-state index in [9.17, 15) is 9.59 Å². The van der Waals surface area contributed by atoms with Crippen molar-refractivity contribution in [3.05, 3.63) is 52.7 Å². The summed E-state index contributed by atoms with van der Waals surface area (Å²) in [5.74, 6) is 0.250. The van der Waals surface area contributed by atoms with Crippen molar-refractivity contribution >= 4 is 35.0 Å². The van der Waals surface area contributed by atoms with Crippen molar-refractivity contribution < 1.29 is 9.59 Å². The highest BCUT2D eigenvalue weighted by molar-refractivity contribution is 6.30. The highest BCUT2D eigenvalue weighted by Gasteiger charge is 2.34. The van der Waals surface area contributed by atoms with Crippen molar-refractivity contribution in [1.29, 1.82) is 0 Å². The molecule has 29 heavy (non-hydrogen) atoms. The first-order valence-electron chi connectivity index (χ1n) is 9.80. The molecule has 152 valence electrons. The summed E-state index contributed by atoms with van der Waals surface area (Å²) in [6.45, 7) is 2.48. The molecule has 1 aromatic heterocycles. The number of halogens is 1. The minimum absolute atomic E-state index is 0.158. The first kappa shape index (κ1) is 19.7. The molecule has 2 aliphatic heterocycles. The van der Waals surface area contributed by atoms with Crippen LogP contribution in [0.2, 0.25) is 5.02 Å². The van der Waals surface area contributed by atoms with Crippen LogP contribution >= 0.6 is 11.6 Å². The number of pyridine rings is 1. The zero-order chi connectivity index (χ0) is 20.4. The number of amides is 3. The topological polar surface area (TPSA) is 77.6 Å². The van der Waals surface area contributed by atoms with Gasteiger partial charge in [-0.15, -0.1) is 0 Å². The number of nitrogens with one attached hydrogen (secondary N) is 2. The van der Waals surface area contributed by atoms with Crippen molar-refractivity contribution in [3.8, 4) is 0 Å². The maximum Gasteiger partial charge on any atom is 0.323 e. The number of aromatic nitrogens is 1. The molecule has 2 aromatic rings. The number of urea groups is 1. The fourth-order valence-electron chi connectivity index (χ4n) is 3.91. The van der Waals surface area contributed by atoms with Gasteiger partial charge in [0.15, 0.2) is 0 Å². The van der Waals surface area contributed by atoms with Gasteiger partial charge in [-0.05, 0) is 61.7 Å². The lowest BCUT2D eigenvalue weighted by molar-refractivity contribution is -0.119. The van der Waals surface area contributed by atoms with Gasteiger partial charge in [0, 0.05) is 31.5 Å². The lowest BCUT2D eigenvalue weighted by atomic mass is 9.99. The fourth-order valence-corrected chi connectivity index (χ4v) is 4.02. The molecule has 1 aromatic carbocycles. The molecule has 8 heteroatoms. The number of likely N-dealkylation sites (tertiary alicyclic amines) is 1. The Morgan fingerprint density at radius 3 is 2.79 bits per heavy atom. The van der Waals surface area contributed by atoms with Gasteiger partial charge in [-0.1, -0.05) is 17.7 Å². The molecule has 0 aliphatic carbocycles. The molecule has 2 aliphatic rings. The van der Waals surface area contributed by atoms with Crippen LogP contribution in [0.15, 0.2) is 36.5 Å². The summed E-state index contributed by atoms with van der Waals surface area (Å²) in [5, 5.41) is 6.23. The number of fused-ring (bicyclic) bond motifs is 1. The smallest absolute Gasteiger partial charge is 0.323 e. The van der Waals surface area contributed by atoms with Crippen molar-refractivity contribution in [2.24, 2.45) is 0 Å².